The Hall–Kier alpha value is -1.30. The van der Waals surface area contributed by atoms with Gasteiger partial charge in [0.15, 0.2) is 0 Å². The summed E-state index contributed by atoms with van der Waals surface area (Å²) in [5, 5.41) is 12.3. The normalized spacial score (nSPS) is 29.1. The summed E-state index contributed by atoms with van der Waals surface area (Å²) in [5.41, 5.74) is 5.28. The van der Waals surface area contributed by atoms with E-state index in [0.717, 1.165) is 6.42 Å². The molecule has 1 saturated heterocycles. The molecule has 1 aliphatic carbocycles. The number of carboxylic acid groups (broad SMARTS) is 1. The van der Waals surface area contributed by atoms with Crippen LogP contribution in [-0.2, 0) is 4.79 Å². The summed E-state index contributed by atoms with van der Waals surface area (Å²) in [7, 11) is 0. The molecular formula is C11H19N3O3. The van der Waals surface area contributed by atoms with Crippen molar-refractivity contribution in [1.82, 2.24) is 10.2 Å². The van der Waals surface area contributed by atoms with Crippen molar-refractivity contribution in [1.29, 1.82) is 0 Å². The molecule has 0 bridgehead atoms. The highest BCUT2D eigenvalue weighted by Crippen LogP contribution is 2.25. The molecular weight excluding hydrogens is 222 g/mol. The summed E-state index contributed by atoms with van der Waals surface area (Å²) in [6.45, 7) is 1.06. The molecule has 1 heterocycles. The smallest absolute Gasteiger partial charge is 0.314 e. The number of nitrogens with one attached hydrogen (secondary N) is 1. The van der Waals surface area contributed by atoms with Crippen LogP contribution in [-0.4, -0.2) is 47.2 Å². The number of likely N-dealkylation sites (tertiary alicyclic amines) is 1. The van der Waals surface area contributed by atoms with E-state index in [2.05, 4.69) is 5.32 Å². The monoisotopic (exact) mass is 241 g/mol. The zero-order valence-corrected chi connectivity index (χ0v) is 9.76. The largest absolute Gasteiger partial charge is 0.481 e. The number of hydrogen-bond acceptors (Lipinski definition) is 3. The van der Waals surface area contributed by atoms with Crippen molar-refractivity contribution >= 4 is 12.0 Å². The Morgan fingerprint density at radius 1 is 1.29 bits per heavy atom. The van der Waals surface area contributed by atoms with Gasteiger partial charge in [-0.15, -0.1) is 0 Å². The lowest BCUT2D eigenvalue weighted by Gasteiger charge is -2.37. The Kier molecular flexibility index (Phi) is 3.51. The standard InChI is InChI=1S/C11H19N3O3/c12-11(17)14-5-7(4-10(15)16)3-9(6-14)13-8-1-2-8/h7-9,13H,1-6H2,(H2,12,17)(H,15,16). The molecule has 0 radical (unpaired) electrons. The van der Waals surface area contributed by atoms with E-state index >= 15 is 0 Å². The summed E-state index contributed by atoms with van der Waals surface area (Å²) in [4.78, 5) is 23.5. The summed E-state index contributed by atoms with van der Waals surface area (Å²) in [6.07, 6.45) is 3.27. The van der Waals surface area contributed by atoms with Gasteiger partial charge in [-0.2, -0.15) is 0 Å². The van der Waals surface area contributed by atoms with Crippen LogP contribution in [0.1, 0.15) is 25.7 Å². The van der Waals surface area contributed by atoms with Crippen LogP contribution in [0.4, 0.5) is 4.79 Å². The molecule has 0 spiro atoms. The molecule has 1 aliphatic heterocycles. The van der Waals surface area contributed by atoms with Crippen LogP contribution in [0.5, 0.6) is 0 Å². The highest BCUT2D eigenvalue weighted by molar-refractivity contribution is 5.72. The molecule has 2 rings (SSSR count). The lowest BCUT2D eigenvalue weighted by Crippen LogP contribution is -2.53. The van der Waals surface area contributed by atoms with Gasteiger partial charge >= 0.3 is 12.0 Å². The Bertz CT molecular complexity index is 317. The maximum Gasteiger partial charge on any atom is 0.314 e. The van der Waals surface area contributed by atoms with Crippen molar-refractivity contribution < 1.29 is 14.7 Å². The molecule has 6 nitrogen and oxygen atoms in total. The second-order valence-electron chi connectivity index (χ2n) is 5.08. The maximum atomic E-state index is 11.2. The first-order valence-corrected chi connectivity index (χ1v) is 6.07. The quantitative estimate of drug-likeness (QED) is 0.644. The lowest BCUT2D eigenvalue weighted by molar-refractivity contribution is -0.138. The van der Waals surface area contributed by atoms with E-state index in [0.29, 0.717) is 19.1 Å². The number of nitrogens with two attached hydrogens (primary N) is 1. The SMILES string of the molecule is NC(=O)N1CC(CC(=O)O)CC(NC2CC2)C1. The fraction of sp³-hybridized carbons (Fsp3) is 0.818. The Morgan fingerprint density at radius 3 is 2.53 bits per heavy atom. The minimum atomic E-state index is -0.813. The number of piperidine rings is 1. The number of rotatable bonds is 4. The van der Waals surface area contributed by atoms with Gasteiger partial charge in [-0.1, -0.05) is 0 Å². The van der Waals surface area contributed by atoms with E-state index in [1.165, 1.54) is 12.8 Å². The van der Waals surface area contributed by atoms with Crippen LogP contribution in [0, 0.1) is 5.92 Å². The lowest BCUT2D eigenvalue weighted by atomic mass is 9.91. The third kappa shape index (κ3) is 3.59. The number of carbonyl (C=O) groups is 2. The highest BCUT2D eigenvalue weighted by atomic mass is 16.4. The second-order valence-corrected chi connectivity index (χ2v) is 5.08. The molecule has 6 heteroatoms. The fourth-order valence-corrected chi connectivity index (χ4v) is 2.48. The van der Waals surface area contributed by atoms with E-state index in [9.17, 15) is 9.59 Å². The van der Waals surface area contributed by atoms with Crippen molar-refractivity contribution in [3.05, 3.63) is 0 Å². The van der Waals surface area contributed by atoms with Crippen LogP contribution >= 0.6 is 0 Å². The number of primary amides is 1. The average molecular weight is 241 g/mol. The van der Waals surface area contributed by atoms with E-state index in [1.54, 1.807) is 4.90 Å². The van der Waals surface area contributed by atoms with E-state index in [4.69, 9.17) is 10.8 Å². The average Bonchev–Trinajstić information content (AvgIpc) is 3.00. The summed E-state index contributed by atoms with van der Waals surface area (Å²) in [5.74, 6) is -0.809. The van der Waals surface area contributed by atoms with E-state index in [1.807, 2.05) is 0 Å². The summed E-state index contributed by atoms with van der Waals surface area (Å²) in [6, 6.07) is 0.286. The molecule has 0 aromatic rings. The Balaban J connectivity index is 1.92. The fourth-order valence-electron chi connectivity index (χ4n) is 2.48. The van der Waals surface area contributed by atoms with Gasteiger partial charge in [0.05, 0.1) is 0 Å². The number of carboxylic acids is 1. The van der Waals surface area contributed by atoms with Crippen LogP contribution in [0.15, 0.2) is 0 Å². The van der Waals surface area contributed by atoms with Crippen LogP contribution in [0.2, 0.25) is 0 Å². The van der Waals surface area contributed by atoms with E-state index in [-0.39, 0.29) is 18.4 Å². The number of aliphatic carboxylic acids is 1. The molecule has 0 aromatic carbocycles. The third-order valence-corrected chi connectivity index (χ3v) is 3.36. The van der Waals surface area contributed by atoms with E-state index < -0.39 is 12.0 Å². The van der Waals surface area contributed by atoms with Gasteiger partial charge in [-0.05, 0) is 25.2 Å². The van der Waals surface area contributed by atoms with Gasteiger partial charge in [0.25, 0.3) is 0 Å². The third-order valence-electron chi connectivity index (χ3n) is 3.36. The Morgan fingerprint density at radius 2 is 2.00 bits per heavy atom. The van der Waals surface area contributed by atoms with Crippen LogP contribution in [0.3, 0.4) is 0 Å². The van der Waals surface area contributed by atoms with Gasteiger partial charge < -0.3 is 21.1 Å². The van der Waals surface area contributed by atoms with Gasteiger partial charge in [0, 0.05) is 31.6 Å². The van der Waals surface area contributed by atoms with Gasteiger partial charge in [-0.3, -0.25) is 4.79 Å². The predicted octanol–water partition coefficient (Wildman–Crippen LogP) is -0.0177. The van der Waals surface area contributed by atoms with Gasteiger partial charge in [0.2, 0.25) is 0 Å². The van der Waals surface area contributed by atoms with Crippen LogP contribution in [0.25, 0.3) is 0 Å². The molecule has 2 amide bonds. The molecule has 4 N–H and O–H groups in total. The molecule has 0 aromatic heterocycles. The molecule has 17 heavy (non-hydrogen) atoms. The van der Waals surface area contributed by atoms with Gasteiger partial charge in [0.1, 0.15) is 0 Å². The number of urea groups is 1. The first-order valence-electron chi connectivity index (χ1n) is 6.07. The second kappa shape index (κ2) is 4.91. The van der Waals surface area contributed by atoms with Crippen LogP contribution < -0.4 is 11.1 Å². The maximum absolute atomic E-state index is 11.2. The molecule has 2 aliphatic rings. The number of nitrogens with zero attached hydrogens (tertiary/aromatic N) is 1. The van der Waals surface area contributed by atoms with Crippen molar-refractivity contribution in [3.8, 4) is 0 Å². The molecule has 96 valence electrons. The number of amides is 2. The Labute approximate surface area is 100 Å². The van der Waals surface area contributed by atoms with Gasteiger partial charge in [-0.25, -0.2) is 4.79 Å². The number of carbonyl (C=O) groups excluding carboxylic acids is 1. The molecule has 2 unspecified atom stereocenters. The first kappa shape index (κ1) is 12.2. The van der Waals surface area contributed by atoms with Crippen molar-refractivity contribution in [2.75, 3.05) is 13.1 Å². The number of hydrogen-bond donors (Lipinski definition) is 3. The minimum absolute atomic E-state index is 0.00463. The molecule has 1 saturated carbocycles. The first-order chi connectivity index (χ1) is 8.04. The highest BCUT2D eigenvalue weighted by Gasteiger charge is 2.33. The van der Waals surface area contributed by atoms with Crippen molar-refractivity contribution in [3.63, 3.8) is 0 Å². The zero-order valence-electron chi connectivity index (χ0n) is 9.76. The summed E-state index contributed by atoms with van der Waals surface area (Å²) < 4.78 is 0. The summed E-state index contributed by atoms with van der Waals surface area (Å²) >= 11 is 0. The van der Waals surface area contributed by atoms with Crippen molar-refractivity contribution in [2.45, 2.75) is 37.8 Å². The molecule has 2 atom stereocenters. The minimum Gasteiger partial charge on any atom is -0.481 e. The zero-order chi connectivity index (χ0) is 12.4. The van der Waals surface area contributed by atoms with Crippen molar-refractivity contribution in [2.24, 2.45) is 11.7 Å². The predicted molar refractivity (Wildman–Crippen MR) is 61.5 cm³/mol. The molecule has 2 fully saturated rings. The topological polar surface area (TPSA) is 95.7 Å².